The summed E-state index contributed by atoms with van der Waals surface area (Å²) in [6, 6.07) is 0.0185. The zero-order chi connectivity index (χ0) is 17.7. The Balaban J connectivity index is 2.57. The second-order valence-corrected chi connectivity index (χ2v) is 9.65. The standard InChI is InChI=1S/C16H32N2O3S2/c1-15(2,11-16(3,4)23-22)7-6-14(19)18-9-13(20-5)8-12(18)10-21-17/h12-13,22H,6-11,17H2,1-5H3/t12?,13-/m1/s1. The van der Waals surface area contributed by atoms with Crippen molar-refractivity contribution in [2.24, 2.45) is 11.3 Å². The van der Waals surface area contributed by atoms with E-state index in [0.717, 1.165) is 19.3 Å². The summed E-state index contributed by atoms with van der Waals surface area (Å²) in [4.78, 5) is 19.3. The average Bonchev–Trinajstić information content (AvgIpc) is 2.87. The molecule has 0 bridgehead atoms. The molecule has 136 valence electrons. The number of nitrogens with zero attached hydrogens (tertiary/aromatic N) is 1. The summed E-state index contributed by atoms with van der Waals surface area (Å²) >= 11 is 4.35. The smallest absolute Gasteiger partial charge is 0.223 e. The van der Waals surface area contributed by atoms with E-state index in [9.17, 15) is 4.79 Å². The van der Waals surface area contributed by atoms with E-state index in [1.54, 1.807) is 17.9 Å². The van der Waals surface area contributed by atoms with Gasteiger partial charge in [0, 0.05) is 24.8 Å². The van der Waals surface area contributed by atoms with Crippen molar-refractivity contribution in [1.29, 1.82) is 0 Å². The van der Waals surface area contributed by atoms with Crippen molar-refractivity contribution in [3.8, 4) is 0 Å². The summed E-state index contributed by atoms with van der Waals surface area (Å²) < 4.78 is 5.49. The highest BCUT2D eigenvalue weighted by atomic mass is 33.1. The fraction of sp³-hybridized carbons (Fsp3) is 0.938. The van der Waals surface area contributed by atoms with Gasteiger partial charge in [0.15, 0.2) is 0 Å². The molecule has 7 heteroatoms. The Hall–Kier alpha value is 0.0500. The molecule has 1 heterocycles. The number of amides is 1. The lowest BCUT2D eigenvalue weighted by Crippen LogP contribution is -2.39. The molecule has 0 radical (unpaired) electrons. The first-order valence-corrected chi connectivity index (χ1v) is 9.97. The van der Waals surface area contributed by atoms with E-state index in [-0.39, 0.29) is 28.2 Å². The normalized spacial score (nSPS) is 22.7. The van der Waals surface area contributed by atoms with E-state index >= 15 is 0 Å². The SMILES string of the molecule is CO[C@@H]1CC(CON)N(C(=O)CCC(C)(C)CC(C)(C)SS)C1. The summed E-state index contributed by atoms with van der Waals surface area (Å²) in [5.74, 6) is 5.36. The average molecular weight is 365 g/mol. The molecule has 5 nitrogen and oxygen atoms in total. The van der Waals surface area contributed by atoms with E-state index < -0.39 is 0 Å². The maximum Gasteiger partial charge on any atom is 0.223 e. The number of thiol groups is 1. The number of carbonyl (C=O) groups excluding carboxylic acids is 1. The highest BCUT2D eigenvalue weighted by molar-refractivity contribution is 8.69. The molecule has 0 aromatic rings. The predicted molar refractivity (Wildman–Crippen MR) is 99.3 cm³/mol. The molecule has 0 aromatic heterocycles. The molecule has 1 unspecified atom stereocenters. The molecular weight excluding hydrogens is 332 g/mol. The van der Waals surface area contributed by atoms with Crippen LogP contribution in [0.3, 0.4) is 0 Å². The number of methoxy groups -OCH3 is 1. The number of ether oxygens (including phenoxy) is 1. The minimum atomic E-state index is 0.0185. The number of rotatable bonds is 9. The highest BCUT2D eigenvalue weighted by Gasteiger charge is 2.36. The Bertz CT molecular complexity index is 392. The van der Waals surface area contributed by atoms with Gasteiger partial charge in [-0.3, -0.25) is 4.79 Å². The molecule has 0 aliphatic carbocycles. The van der Waals surface area contributed by atoms with E-state index in [2.05, 4.69) is 39.4 Å². The highest BCUT2D eigenvalue weighted by Crippen LogP contribution is 2.41. The monoisotopic (exact) mass is 364 g/mol. The van der Waals surface area contributed by atoms with Crippen LogP contribution >= 0.6 is 22.5 Å². The Kier molecular flexibility index (Phi) is 8.20. The van der Waals surface area contributed by atoms with E-state index in [1.165, 1.54) is 0 Å². The largest absolute Gasteiger partial charge is 0.380 e. The quantitative estimate of drug-likeness (QED) is 0.374. The first kappa shape index (κ1) is 21.1. The topological polar surface area (TPSA) is 64.8 Å². The second kappa shape index (κ2) is 8.94. The molecule has 23 heavy (non-hydrogen) atoms. The van der Waals surface area contributed by atoms with Gasteiger partial charge in [0.1, 0.15) is 0 Å². The van der Waals surface area contributed by atoms with E-state index in [0.29, 0.717) is 19.6 Å². The lowest BCUT2D eigenvalue weighted by molar-refractivity contribution is -0.134. The van der Waals surface area contributed by atoms with Crippen LogP contribution in [0.1, 0.15) is 53.4 Å². The van der Waals surface area contributed by atoms with E-state index in [1.807, 2.05) is 4.90 Å². The third-order valence-corrected chi connectivity index (χ3v) is 6.61. The first-order valence-electron chi connectivity index (χ1n) is 8.10. The maximum atomic E-state index is 12.6. The molecule has 0 saturated carbocycles. The minimum absolute atomic E-state index is 0.0185. The van der Waals surface area contributed by atoms with Crippen LogP contribution in [0.15, 0.2) is 0 Å². The van der Waals surface area contributed by atoms with Crippen LogP contribution in [0.4, 0.5) is 0 Å². The van der Waals surface area contributed by atoms with E-state index in [4.69, 9.17) is 15.5 Å². The van der Waals surface area contributed by atoms with Crippen molar-refractivity contribution in [1.82, 2.24) is 4.90 Å². The zero-order valence-corrected chi connectivity index (χ0v) is 16.7. The van der Waals surface area contributed by atoms with Crippen LogP contribution in [0, 0.1) is 5.41 Å². The van der Waals surface area contributed by atoms with Crippen LogP contribution in [-0.4, -0.2) is 48.0 Å². The predicted octanol–water partition coefficient (Wildman–Crippen LogP) is 3.05. The fourth-order valence-electron chi connectivity index (χ4n) is 3.48. The van der Waals surface area contributed by atoms with Gasteiger partial charge in [0.2, 0.25) is 5.91 Å². The van der Waals surface area contributed by atoms with Crippen molar-refractivity contribution < 1.29 is 14.4 Å². The fourth-order valence-corrected chi connectivity index (χ4v) is 4.13. The van der Waals surface area contributed by atoms with Gasteiger partial charge in [-0.2, -0.15) is 0 Å². The number of likely N-dealkylation sites (tertiary alicyclic amines) is 1. The van der Waals surface area contributed by atoms with Gasteiger partial charge in [0.05, 0.1) is 18.8 Å². The molecule has 2 atom stereocenters. The summed E-state index contributed by atoms with van der Waals surface area (Å²) in [5.41, 5.74) is 0.0924. The third kappa shape index (κ3) is 6.82. The van der Waals surface area contributed by atoms with Crippen molar-refractivity contribution in [2.75, 3.05) is 20.3 Å². The third-order valence-electron chi connectivity index (χ3n) is 4.49. The number of nitrogens with two attached hydrogens (primary N) is 1. The number of hydrogen-bond acceptors (Lipinski definition) is 6. The van der Waals surface area contributed by atoms with Crippen molar-refractivity contribution >= 4 is 28.4 Å². The number of hydrogen-bond donors (Lipinski definition) is 2. The molecule has 1 aliphatic rings. The van der Waals surface area contributed by atoms with Gasteiger partial charge in [0.25, 0.3) is 0 Å². The lowest BCUT2D eigenvalue weighted by atomic mass is 9.79. The molecule has 2 N–H and O–H groups in total. The Labute approximate surface area is 149 Å². The molecule has 1 aliphatic heterocycles. The van der Waals surface area contributed by atoms with Crippen molar-refractivity contribution in [3.05, 3.63) is 0 Å². The lowest BCUT2D eigenvalue weighted by Gasteiger charge is -2.34. The number of carbonyl (C=O) groups is 1. The Morgan fingerprint density at radius 1 is 1.39 bits per heavy atom. The molecule has 1 amide bonds. The van der Waals surface area contributed by atoms with Crippen LogP contribution < -0.4 is 5.90 Å². The van der Waals surface area contributed by atoms with Crippen LogP contribution in [0.5, 0.6) is 0 Å². The van der Waals surface area contributed by atoms with Crippen LogP contribution in [-0.2, 0) is 14.4 Å². The van der Waals surface area contributed by atoms with Crippen LogP contribution in [0.25, 0.3) is 0 Å². The molecule has 1 saturated heterocycles. The summed E-state index contributed by atoms with van der Waals surface area (Å²) in [6.07, 6.45) is 3.27. The van der Waals surface area contributed by atoms with Crippen molar-refractivity contribution in [2.45, 2.75) is 70.3 Å². The molecule has 1 rings (SSSR count). The Morgan fingerprint density at radius 3 is 2.57 bits per heavy atom. The summed E-state index contributed by atoms with van der Waals surface area (Å²) in [5, 5.41) is 0. The Morgan fingerprint density at radius 2 is 2.04 bits per heavy atom. The van der Waals surface area contributed by atoms with Gasteiger partial charge in [-0.25, -0.2) is 5.90 Å². The van der Waals surface area contributed by atoms with Gasteiger partial charge < -0.3 is 14.5 Å². The molecular formula is C16H32N2O3S2. The zero-order valence-electron chi connectivity index (χ0n) is 15.0. The summed E-state index contributed by atoms with van der Waals surface area (Å²) in [6.45, 7) is 9.79. The maximum absolute atomic E-state index is 12.6. The first-order chi connectivity index (χ1) is 10.6. The molecule has 0 spiro atoms. The molecule has 1 fully saturated rings. The van der Waals surface area contributed by atoms with Crippen molar-refractivity contribution in [3.63, 3.8) is 0 Å². The van der Waals surface area contributed by atoms with Gasteiger partial charge in [-0.1, -0.05) is 24.6 Å². The minimum Gasteiger partial charge on any atom is -0.380 e. The summed E-state index contributed by atoms with van der Waals surface area (Å²) in [7, 11) is 3.26. The van der Waals surface area contributed by atoms with Gasteiger partial charge >= 0.3 is 0 Å². The second-order valence-electron chi connectivity index (χ2n) is 7.82. The molecule has 0 aromatic carbocycles. The van der Waals surface area contributed by atoms with Gasteiger partial charge in [-0.05, 0) is 38.5 Å². The van der Waals surface area contributed by atoms with Gasteiger partial charge in [-0.15, -0.1) is 11.7 Å². The van der Waals surface area contributed by atoms with Crippen LogP contribution in [0.2, 0.25) is 0 Å².